The summed E-state index contributed by atoms with van der Waals surface area (Å²) in [5.74, 6) is -0.490. The van der Waals surface area contributed by atoms with E-state index in [9.17, 15) is 13.9 Å². The van der Waals surface area contributed by atoms with Gasteiger partial charge in [-0.15, -0.1) is 0 Å². The highest BCUT2D eigenvalue weighted by Crippen LogP contribution is 2.35. The fraction of sp³-hybridized carbons (Fsp3) is 0.692. The van der Waals surface area contributed by atoms with E-state index in [1.165, 1.54) is 0 Å². The molecule has 2 rings (SSSR count). The van der Waals surface area contributed by atoms with Gasteiger partial charge < -0.3 is 5.11 Å². The Hall–Kier alpha value is -0.740. The predicted molar refractivity (Wildman–Crippen MR) is 62.5 cm³/mol. The van der Waals surface area contributed by atoms with Gasteiger partial charge in [0, 0.05) is 25.6 Å². The number of nitrogens with zero attached hydrogens (tertiary/aromatic N) is 1. The summed E-state index contributed by atoms with van der Waals surface area (Å²) in [4.78, 5) is 1.99. The molecule has 1 fully saturated rings. The Kier molecular flexibility index (Phi) is 3.94. The monoisotopic (exact) mass is 243 g/mol. The van der Waals surface area contributed by atoms with Gasteiger partial charge in [0.2, 0.25) is 0 Å². The zero-order valence-electron chi connectivity index (χ0n) is 10.1. The molecule has 96 valence electrons. The molecule has 0 bridgehead atoms. The first-order valence-electron chi connectivity index (χ1n) is 6.22. The number of rotatable bonds is 2. The molecule has 0 aromatic rings. The Morgan fingerprint density at radius 3 is 2.53 bits per heavy atom. The Labute approximate surface area is 101 Å². The summed E-state index contributed by atoms with van der Waals surface area (Å²) < 4.78 is 26.3. The van der Waals surface area contributed by atoms with E-state index >= 15 is 0 Å². The molecule has 4 heteroatoms. The van der Waals surface area contributed by atoms with Crippen LogP contribution in [0.5, 0.6) is 0 Å². The molecule has 1 aliphatic carbocycles. The van der Waals surface area contributed by atoms with Crippen LogP contribution >= 0.6 is 0 Å². The zero-order valence-corrected chi connectivity index (χ0v) is 10.1. The van der Waals surface area contributed by atoms with Crippen molar-refractivity contribution in [1.82, 2.24) is 4.90 Å². The SMILES string of the molecule is CC(O)N1CCC(C2C=C(F)C=C(F)C2)CC1. The summed E-state index contributed by atoms with van der Waals surface area (Å²) in [6, 6.07) is 0. The van der Waals surface area contributed by atoms with E-state index in [0.29, 0.717) is 12.3 Å². The van der Waals surface area contributed by atoms with Crippen LogP contribution in [0.25, 0.3) is 0 Å². The fourth-order valence-corrected chi connectivity index (χ4v) is 2.77. The second-order valence-electron chi connectivity index (χ2n) is 5.02. The molecule has 0 radical (unpaired) electrons. The molecule has 1 aliphatic heterocycles. The first-order chi connectivity index (χ1) is 8.06. The third kappa shape index (κ3) is 3.13. The number of hydrogen-bond acceptors (Lipinski definition) is 2. The number of piperidine rings is 1. The van der Waals surface area contributed by atoms with Gasteiger partial charge in [-0.25, -0.2) is 8.78 Å². The fourth-order valence-electron chi connectivity index (χ4n) is 2.77. The molecule has 2 atom stereocenters. The maximum atomic E-state index is 13.2. The van der Waals surface area contributed by atoms with Gasteiger partial charge >= 0.3 is 0 Å². The standard InChI is InChI=1S/C13H19F2NO/c1-9(17)16-4-2-10(3-5-16)11-6-12(14)8-13(15)7-11/h6,8-11,17H,2-5,7H2,1H3. The smallest absolute Gasteiger partial charge is 0.122 e. The molecule has 1 heterocycles. The number of hydrogen-bond donors (Lipinski definition) is 1. The maximum Gasteiger partial charge on any atom is 0.122 e. The van der Waals surface area contributed by atoms with Crippen molar-refractivity contribution < 1.29 is 13.9 Å². The first-order valence-corrected chi connectivity index (χ1v) is 6.22. The highest BCUT2D eigenvalue weighted by atomic mass is 19.1. The van der Waals surface area contributed by atoms with Gasteiger partial charge in [-0.3, -0.25) is 4.90 Å². The van der Waals surface area contributed by atoms with Gasteiger partial charge in [-0.1, -0.05) is 0 Å². The van der Waals surface area contributed by atoms with Crippen LogP contribution < -0.4 is 0 Å². The minimum atomic E-state index is -0.447. The van der Waals surface area contributed by atoms with Crippen molar-refractivity contribution in [3.05, 3.63) is 23.8 Å². The summed E-state index contributed by atoms with van der Waals surface area (Å²) in [7, 11) is 0. The van der Waals surface area contributed by atoms with Gasteiger partial charge in [0.05, 0.1) is 0 Å². The summed E-state index contributed by atoms with van der Waals surface area (Å²) in [6.07, 6.45) is 4.21. The van der Waals surface area contributed by atoms with E-state index in [1.54, 1.807) is 13.0 Å². The molecular weight excluding hydrogens is 224 g/mol. The molecule has 1 saturated heterocycles. The number of halogens is 2. The van der Waals surface area contributed by atoms with Crippen molar-refractivity contribution in [2.45, 2.75) is 32.4 Å². The van der Waals surface area contributed by atoms with Crippen LogP contribution in [-0.2, 0) is 0 Å². The Morgan fingerprint density at radius 2 is 2.00 bits per heavy atom. The van der Waals surface area contributed by atoms with Gasteiger partial charge in [0.1, 0.15) is 17.9 Å². The van der Waals surface area contributed by atoms with Crippen LogP contribution in [0.2, 0.25) is 0 Å². The van der Waals surface area contributed by atoms with Crippen LogP contribution in [0, 0.1) is 11.8 Å². The van der Waals surface area contributed by atoms with Crippen molar-refractivity contribution in [2.75, 3.05) is 13.1 Å². The van der Waals surface area contributed by atoms with Crippen molar-refractivity contribution in [2.24, 2.45) is 11.8 Å². The topological polar surface area (TPSA) is 23.5 Å². The minimum Gasteiger partial charge on any atom is -0.379 e. The van der Waals surface area contributed by atoms with Gasteiger partial charge in [0.25, 0.3) is 0 Å². The highest BCUT2D eigenvalue weighted by molar-refractivity contribution is 5.21. The average Bonchev–Trinajstić information content (AvgIpc) is 2.28. The van der Waals surface area contributed by atoms with Crippen molar-refractivity contribution in [3.8, 4) is 0 Å². The molecule has 17 heavy (non-hydrogen) atoms. The van der Waals surface area contributed by atoms with Crippen LogP contribution in [-0.4, -0.2) is 29.3 Å². The molecule has 0 saturated carbocycles. The van der Waals surface area contributed by atoms with E-state index in [1.807, 2.05) is 4.90 Å². The zero-order chi connectivity index (χ0) is 12.4. The minimum absolute atomic E-state index is 0.0175. The van der Waals surface area contributed by atoms with Crippen molar-refractivity contribution in [1.29, 1.82) is 0 Å². The molecule has 2 unspecified atom stereocenters. The molecule has 0 amide bonds. The van der Waals surface area contributed by atoms with E-state index in [2.05, 4.69) is 0 Å². The van der Waals surface area contributed by atoms with E-state index in [-0.39, 0.29) is 11.7 Å². The van der Waals surface area contributed by atoms with Gasteiger partial charge in [-0.2, -0.15) is 0 Å². The van der Waals surface area contributed by atoms with Crippen LogP contribution in [0.15, 0.2) is 23.8 Å². The van der Waals surface area contributed by atoms with E-state index in [4.69, 9.17) is 0 Å². The van der Waals surface area contributed by atoms with Gasteiger partial charge in [-0.05, 0) is 37.7 Å². The lowest BCUT2D eigenvalue weighted by atomic mass is 9.80. The third-order valence-corrected chi connectivity index (χ3v) is 3.81. The first kappa shape index (κ1) is 12.7. The molecule has 0 aromatic heterocycles. The number of allylic oxidation sites excluding steroid dienone is 4. The Balaban J connectivity index is 1.92. The van der Waals surface area contributed by atoms with E-state index in [0.717, 1.165) is 32.0 Å². The van der Waals surface area contributed by atoms with Crippen molar-refractivity contribution >= 4 is 0 Å². The average molecular weight is 243 g/mol. The second kappa shape index (κ2) is 5.27. The van der Waals surface area contributed by atoms with Crippen LogP contribution in [0.3, 0.4) is 0 Å². The maximum absolute atomic E-state index is 13.2. The Morgan fingerprint density at radius 1 is 1.35 bits per heavy atom. The predicted octanol–water partition coefficient (Wildman–Crippen LogP) is 2.76. The van der Waals surface area contributed by atoms with Gasteiger partial charge in [0.15, 0.2) is 0 Å². The normalized spacial score (nSPS) is 29.8. The largest absolute Gasteiger partial charge is 0.379 e. The van der Waals surface area contributed by atoms with Crippen molar-refractivity contribution in [3.63, 3.8) is 0 Å². The third-order valence-electron chi connectivity index (χ3n) is 3.81. The molecule has 0 spiro atoms. The molecule has 2 nitrogen and oxygen atoms in total. The number of aliphatic hydroxyl groups excluding tert-OH is 1. The quantitative estimate of drug-likeness (QED) is 0.806. The number of likely N-dealkylation sites (tertiary alicyclic amines) is 1. The summed E-state index contributed by atoms with van der Waals surface area (Å²) in [6.45, 7) is 3.36. The Bertz CT molecular complexity index is 330. The number of aliphatic hydroxyl groups is 1. The second-order valence-corrected chi connectivity index (χ2v) is 5.02. The van der Waals surface area contributed by atoms with Crippen LogP contribution in [0.1, 0.15) is 26.2 Å². The summed E-state index contributed by atoms with van der Waals surface area (Å²) in [5, 5.41) is 9.44. The molecule has 0 aromatic carbocycles. The lowest BCUT2D eigenvalue weighted by molar-refractivity contribution is -0.00765. The molecule has 2 aliphatic rings. The van der Waals surface area contributed by atoms with E-state index < -0.39 is 12.1 Å². The molecular formula is C13H19F2NO. The lowest BCUT2D eigenvalue weighted by Gasteiger charge is -2.36. The summed E-state index contributed by atoms with van der Waals surface area (Å²) in [5.41, 5.74) is 0. The highest BCUT2D eigenvalue weighted by Gasteiger charge is 2.29. The van der Waals surface area contributed by atoms with Crippen LogP contribution in [0.4, 0.5) is 8.78 Å². The molecule has 1 N–H and O–H groups in total. The lowest BCUT2D eigenvalue weighted by Crippen LogP contribution is -2.41. The summed E-state index contributed by atoms with van der Waals surface area (Å²) >= 11 is 0.